The minimum Gasteiger partial charge on any atom is -0.355 e. The second-order valence-corrected chi connectivity index (χ2v) is 8.98. The number of carbonyl (C=O) groups excluding carboxylic acids is 2. The van der Waals surface area contributed by atoms with Gasteiger partial charge in [0.05, 0.1) is 11.4 Å². The number of nitrogens with one attached hydrogen (secondary N) is 2. The lowest BCUT2D eigenvalue weighted by Crippen LogP contribution is -2.41. The summed E-state index contributed by atoms with van der Waals surface area (Å²) in [6.07, 6.45) is 1.85. The first-order valence-electron chi connectivity index (χ1n) is 11.7. The van der Waals surface area contributed by atoms with Crippen molar-refractivity contribution >= 4 is 34.9 Å². The van der Waals surface area contributed by atoms with Gasteiger partial charge in [0.25, 0.3) is 0 Å². The Hall–Kier alpha value is -3.32. The molecule has 0 saturated carbocycles. The molecule has 0 atom stereocenters. The maximum atomic E-state index is 12.8. The molecule has 2 aromatic carbocycles. The topological polar surface area (TPSA) is 79.3 Å². The molecule has 7 nitrogen and oxygen atoms in total. The molecule has 0 unspecified atom stereocenters. The Morgan fingerprint density at radius 2 is 1.74 bits per heavy atom. The second-order valence-electron chi connectivity index (χ2n) is 8.54. The number of anilines is 2. The van der Waals surface area contributed by atoms with Crippen molar-refractivity contribution in [1.29, 1.82) is 0 Å². The number of para-hydroxylation sites is 1. The molecule has 0 radical (unpaired) electrons. The van der Waals surface area contributed by atoms with Gasteiger partial charge in [-0.05, 0) is 49.6 Å². The molecule has 34 heavy (non-hydrogen) atoms. The normalized spacial score (nSPS) is 14.1. The van der Waals surface area contributed by atoms with Gasteiger partial charge in [-0.25, -0.2) is 4.68 Å². The summed E-state index contributed by atoms with van der Waals surface area (Å²) in [6, 6.07) is 17.4. The molecule has 2 amide bonds. The highest BCUT2D eigenvalue weighted by atomic mass is 35.5. The molecular weight excluding hydrogens is 450 g/mol. The van der Waals surface area contributed by atoms with Crippen LogP contribution in [-0.2, 0) is 16.1 Å². The van der Waals surface area contributed by atoms with Crippen LogP contribution in [-0.4, -0.2) is 34.7 Å². The van der Waals surface area contributed by atoms with Crippen LogP contribution in [0.25, 0.3) is 5.69 Å². The van der Waals surface area contributed by atoms with Gasteiger partial charge in [0.1, 0.15) is 5.69 Å². The molecule has 0 aliphatic carbocycles. The van der Waals surface area contributed by atoms with E-state index in [0.717, 1.165) is 41.3 Å². The summed E-state index contributed by atoms with van der Waals surface area (Å²) in [5.74, 6) is 0.840. The van der Waals surface area contributed by atoms with E-state index in [1.807, 2.05) is 73.1 Å². The molecule has 1 aliphatic rings. The van der Waals surface area contributed by atoms with E-state index in [4.69, 9.17) is 16.7 Å². The Bertz CT molecular complexity index is 1140. The Balaban J connectivity index is 1.48. The smallest absolute Gasteiger partial charge is 0.224 e. The van der Waals surface area contributed by atoms with Gasteiger partial charge in [-0.2, -0.15) is 5.10 Å². The summed E-state index contributed by atoms with van der Waals surface area (Å²) in [7, 11) is 0. The van der Waals surface area contributed by atoms with Gasteiger partial charge in [0, 0.05) is 37.0 Å². The molecule has 4 rings (SSSR count). The number of benzene rings is 2. The summed E-state index contributed by atoms with van der Waals surface area (Å²) in [5.41, 5.74) is 3.46. The number of hydrogen-bond acceptors (Lipinski definition) is 4. The number of aromatic nitrogens is 2. The largest absolute Gasteiger partial charge is 0.355 e. The number of aryl methyl sites for hydroxylation is 1. The van der Waals surface area contributed by atoms with Crippen LogP contribution in [0.15, 0.2) is 54.6 Å². The summed E-state index contributed by atoms with van der Waals surface area (Å²) < 4.78 is 1.89. The van der Waals surface area contributed by atoms with Crippen molar-refractivity contribution < 1.29 is 9.59 Å². The number of nitrogens with zero attached hydrogens (tertiary/aromatic N) is 3. The van der Waals surface area contributed by atoms with Gasteiger partial charge in [0.2, 0.25) is 11.8 Å². The highest BCUT2D eigenvalue weighted by Gasteiger charge is 2.30. The zero-order valence-electron chi connectivity index (χ0n) is 19.6. The zero-order valence-corrected chi connectivity index (χ0v) is 20.3. The highest BCUT2D eigenvalue weighted by molar-refractivity contribution is 6.30. The number of halogens is 1. The molecule has 2 heterocycles. The molecule has 0 bridgehead atoms. The predicted octanol–water partition coefficient (Wildman–Crippen LogP) is 4.72. The van der Waals surface area contributed by atoms with Crippen molar-refractivity contribution in [1.82, 2.24) is 15.1 Å². The lowest BCUT2D eigenvalue weighted by atomic mass is 9.95. The molecule has 1 aliphatic heterocycles. The number of piperidine rings is 1. The van der Waals surface area contributed by atoms with Gasteiger partial charge in [-0.3, -0.25) is 9.59 Å². The molecule has 1 aromatic heterocycles. The highest BCUT2D eigenvalue weighted by Crippen LogP contribution is 2.35. The van der Waals surface area contributed by atoms with E-state index in [1.165, 1.54) is 0 Å². The maximum Gasteiger partial charge on any atom is 0.224 e. The predicted molar refractivity (Wildman–Crippen MR) is 135 cm³/mol. The summed E-state index contributed by atoms with van der Waals surface area (Å²) in [4.78, 5) is 27.3. The van der Waals surface area contributed by atoms with Crippen molar-refractivity contribution in [2.45, 2.75) is 39.7 Å². The van der Waals surface area contributed by atoms with Crippen LogP contribution < -0.4 is 15.5 Å². The van der Waals surface area contributed by atoms with Crippen molar-refractivity contribution in [3.8, 4) is 5.69 Å². The fraction of sp³-hybridized carbons (Fsp3) is 0.346. The third-order valence-electron chi connectivity index (χ3n) is 6.17. The molecular formula is C26H30ClN5O2. The summed E-state index contributed by atoms with van der Waals surface area (Å²) >= 11 is 5.94. The number of carbonyl (C=O) groups is 2. The van der Waals surface area contributed by atoms with Crippen molar-refractivity contribution in [3.63, 3.8) is 0 Å². The van der Waals surface area contributed by atoms with Gasteiger partial charge < -0.3 is 15.5 Å². The van der Waals surface area contributed by atoms with Crippen molar-refractivity contribution in [2.75, 3.05) is 23.3 Å². The molecule has 3 aromatic rings. The quantitative estimate of drug-likeness (QED) is 0.514. The number of hydrogen-bond donors (Lipinski definition) is 2. The van der Waals surface area contributed by atoms with E-state index in [9.17, 15) is 9.59 Å². The zero-order chi connectivity index (χ0) is 24.1. The first-order valence-corrected chi connectivity index (χ1v) is 12.1. The van der Waals surface area contributed by atoms with Crippen LogP contribution in [0, 0.1) is 12.8 Å². The molecule has 2 N–H and O–H groups in total. The van der Waals surface area contributed by atoms with E-state index in [-0.39, 0.29) is 17.7 Å². The number of rotatable bonds is 7. The molecule has 178 valence electrons. The first-order chi connectivity index (χ1) is 16.5. The molecule has 8 heteroatoms. The monoisotopic (exact) mass is 479 g/mol. The summed E-state index contributed by atoms with van der Waals surface area (Å²) in [5, 5.41) is 11.5. The third kappa shape index (κ3) is 5.42. The van der Waals surface area contributed by atoms with Gasteiger partial charge in [-0.15, -0.1) is 0 Å². The second kappa shape index (κ2) is 10.7. The van der Waals surface area contributed by atoms with Gasteiger partial charge >= 0.3 is 0 Å². The van der Waals surface area contributed by atoms with Crippen LogP contribution in [0.3, 0.4) is 0 Å². The van der Waals surface area contributed by atoms with Crippen LogP contribution in [0.5, 0.6) is 0 Å². The summed E-state index contributed by atoms with van der Waals surface area (Å²) in [6.45, 7) is 5.63. The van der Waals surface area contributed by atoms with Crippen molar-refractivity contribution in [3.05, 3.63) is 70.9 Å². The van der Waals surface area contributed by atoms with E-state index in [2.05, 4.69) is 15.5 Å². The van der Waals surface area contributed by atoms with Crippen molar-refractivity contribution in [2.24, 2.45) is 5.92 Å². The van der Waals surface area contributed by atoms with E-state index in [1.54, 1.807) is 0 Å². The minimum absolute atomic E-state index is 0.0478. The average Bonchev–Trinajstić information content (AvgIpc) is 3.19. The lowest BCUT2D eigenvalue weighted by molar-refractivity contribution is -0.125. The molecule has 1 fully saturated rings. The fourth-order valence-electron chi connectivity index (χ4n) is 4.22. The lowest BCUT2D eigenvalue weighted by Gasteiger charge is -2.33. The van der Waals surface area contributed by atoms with Crippen LogP contribution >= 0.6 is 11.6 Å². The molecule has 1 saturated heterocycles. The van der Waals surface area contributed by atoms with E-state index >= 15 is 0 Å². The fourth-order valence-corrected chi connectivity index (χ4v) is 4.35. The van der Waals surface area contributed by atoms with Gasteiger partial charge in [0.15, 0.2) is 5.82 Å². The average molecular weight is 480 g/mol. The SMILES string of the molecule is CCC(=O)Nc1c(C)nn(-c2ccccc2)c1N1CCC(C(=O)NCc2ccc(Cl)cc2)CC1. The first kappa shape index (κ1) is 23.8. The van der Waals surface area contributed by atoms with Crippen LogP contribution in [0.1, 0.15) is 37.4 Å². The molecule has 0 spiro atoms. The Morgan fingerprint density at radius 1 is 1.06 bits per heavy atom. The minimum atomic E-state index is -0.0496. The Kier molecular flexibility index (Phi) is 7.53. The Morgan fingerprint density at radius 3 is 2.38 bits per heavy atom. The Labute approximate surface area is 205 Å². The van der Waals surface area contributed by atoms with E-state index in [0.29, 0.717) is 31.1 Å². The maximum absolute atomic E-state index is 12.8. The van der Waals surface area contributed by atoms with E-state index < -0.39 is 0 Å². The number of amides is 2. The standard InChI is InChI=1S/C26H30ClN5O2/c1-3-23(33)29-24-18(2)30-32(22-7-5-4-6-8-22)26(24)31-15-13-20(14-16-31)25(34)28-17-19-9-11-21(27)12-10-19/h4-12,20H,3,13-17H2,1-2H3,(H,28,34)(H,29,33). The van der Waals surface area contributed by atoms with Gasteiger partial charge in [-0.1, -0.05) is 48.9 Å². The van der Waals surface area contributed by atoms with Crippen LogP contribution in [0.2, 0.25) is 5.02 Å². The third-order valence-corrected chi connectivity index (χ3v) is 6.42. The van der Waals surface area contributed by atoms with Crippen LogP contribution in [0.4, 0.5) is 11.5 Å².